The second-order valence-electron chi connectivity index (χ2n) is 2.38. The third kappa shape index (κ3) is 1.99. The fourth-order valence-electron chi connectivity index (χ4n) is 0.774. The van der Waals surface area contributed by atoms with Crippen LogP contribution < -0.4 is 5.73 Å². The first-order chi connectivity index (χ1) is 5.25. The van der Waals surface area contributed by atoms with Gasteiger partial charge in [0.05, 0.1) is 23.4 Å². The van der Waals surface area contributed by atoms with Crippen molar-refractivity contribution >= 4 is 11.3 Å². The van der Waals surface area contributed by atoms with Gasteiger partial charge in [0.2, 0.25) is 0 Å². The summed E-state index contributed by atoms with van der Waals surface area (Å²) < 4.78 is 5.08. The van der Waals surface area contributed by atoms with Gasteiger partial charge in [0.25, 0.3) is 0 Å². The third-order valence-corrected chi connectivity index (χ3v) is 2.28. The van der Waals surface area contributed by atoms with Crippen molar-refractivity contribution in [2.75, 3.05) is 7.11 Å². The predicted octanol–water partition coefficient (Wildman–Crippen LogP) is 1.18. The van der Waals surface area contributed by atoms with Gasteiger partial charge in [-0.05, 0) is 6.92 Å². The maximum Gasteiger partial charge on any atom is 0.0795 e. The molecule has 0 spiro atoms. The molecule has 0 aromatic carbocycles. The summed E-state index contributed by atoms with van der Waals surface area (Å²) in [5.41, 5.74) is 8.49. The molecule has 0 aliphatic carbocycles. The molecule has 11 heavy (non-hydrogen) atoms. The van der Waals surface area contributed by atoms with Crippen molar-refractivity contribution in [1.82, 2.24) is 4.98 Å². The molecule has 0 saturated carbocycles. The van der Waals surface area contributed by atoms with Crippen LogP contribution >= 0.6 is 11.3 Å². The number of ether oxygens (including phenoxy) is 1. The Labute approximate surface area is 70.2 Å². The van der Waals surface area contributed by atoms with Gasteiger partial charge < -0.3 is 10.5 Å². The first-order valence-corrected chi connectivity index (χ1v) is 4.36. The van der Waals surface area contributed by atoms with Crippen LogP contribution in [-0.4, -0.2) is 18.2 Å². The standard InChI is InChI=1S/C7H12N2OS/c1-5(10-2)7(8)6-3-11-4-9-6/h3-5,7H,8H2,1-2H3. The molecule has 0 radical (unpaired) electrons. The van der Waals surface area contributed by atoms with Gasteiger partial charge in [0.1, 0.15) is 0 Å². The Balaban J connectivity index is 2.62. The Morgan fingerprint density at radius 1 is 1.73 bits per heavy atom. The molecule has 1 heterocycles. The van der Waals surface area contributed by atoms with Gasteiger partial charge in [0.15, 0.2) is 0 Å². The van der Waals surface area contributed by atoms with Crippen LogP contribution in [0.4, 0.5) is 0 Å². The summed E-state index contributed by atoms with van der Waals surface area (Å²) in [5.74, 6) is 0. The van der Waals surface area contributed by atoms with Crippen molar-refractivity contribution in [3.63, 3.8) is 0 Å². The highest BCUT2D eigenvalue weighted by Gasteiger charge is 2.15. The Morgan fingerprint density at radius 2 is 2.45 bits per heavy atom. The minimum Gasteiger partial charge on any atom is -0.380 e. The van der Waals surface area contributed by atoms with E-state index in [0.717, 1.165) is 5.69 Å². The maximum atomic E-state index is 5.81. The second-order valence-corrected chi connectivity index (χ2v) is 3.10. The molecule has 2 atom stereocenters. The van der Waals surface area contributed by atoms with E-state index in [4.69, 9.17) is 10.5 Å². The summed E-state index contributed by atoms with van der Waals surface area (Å²) in [4.78, 5) is 4.10. The summed E-state index contributed by atoms with van der Waals surface area (Å²) in [5, 5.41) is 1.94. The molecular formula is C7H12N2OS. The van der Waals surface area contributed by atoms with Crippen LogP contribution in [0.5, 0.6) is 0 Å². The fraction of sp³-hybridized carbons (Fsp3) is 0.571. The second kappa shape index (κ2) is 3.80. The molecule has 0 aliphatic heterocycles. The van der Waals surface area contributed by atoms with Gasteiger partial charge in [-0.15, -0.1) is 11.3 Å². The van der Waals surface area contributed by atoms with E-state index in [2.05, 4.69) is 4.98 Å². The molecule has 1 rings (SSSR count). The minimum atomic E-state index is -0.105. The summed E-state index contributed by atoms with van der Waals surface area (Å²) in [6, 6.07) is -0.105. The molecule has 3 nitrogen and oxygen atoms in total. The van der Waals surface area contributed by atoms with Gasteiger partial charge in [-0.3, -0.25) is 0 Å². The first-order valence-electron chi connectivity index (χ1n) is 3.42. The number of nitrogens with zero attached hydrogens (tertiary/aromatic N) is 1. The van der Waals surface area contributed by atoms with Crippen LogP contribution in [-0.2, 0) is 4.74 Å². The maximum absolute atomic E-state index is 5.81. The minimum absolute atomic E-state index is 0.0251. The van der Waals surface area contributed by atoms with E-state index in [-0.39, 0.29) is 12.1 Å². The zero-order valence-corrected chi connectivity index (χ0v) is 7.47. The molecule has 2 unspecified atom stereocenters. The largest absolute Gasteiger partial charge is 0.380 e. The summed E-state index contributed by atoms with van der Waals surface area (Å²) in [6.07, 6.45) is 0.0251. The van der Waals surface area contributed by atoms with Gasteiger partial charge in [-0.25, -0.2) is 4.98 Å². The number of rotatable bonds is 3. The van der Waals surface area contributed by atoms with Crippen molar-refractivity contribution in [2.45, 2.75) is 19.1 Å². The molecule has 0 bridgehead atoms. The lowest BCUT2D eigenvalue weighted by Crippen LogP contribution is -2.25. The highest BCUT2D eigenvalue weighted by molar-refractivity contribution is 7.07. The first kappa shape index (κ1) is 8.64. The topological polar surface area (TPSA) is 48.1 Å². The van der Waals surface area contributed by atoms with Crippen LogP contribution in [0, 0.1) is 0 Å². The van der Waals surface area contributed by atoms with Crippen molar-refractivity contribution in [3.8, 4) is 0 Å². The van der Waals surface area contributed by atoms with Crippen LogP contribution in [0.3, 0.4) is 0 Å². The molecule has 1 aromatic rings. The zero-order valence-electron chi connectivity index (χ0n) is 6.65. The predicted molar refractivity (Wildman–Crippen MR) is 45.5 cm³/mol. The van der Waals surface area contributed by atoms with Gasteiger partial charge in [0, 0.05) is 12.5 Å². The Bertz CT molecular complexity index is 200. The van der Waals surface area contributed by atoms with Crippen molar-refractivity contribution in [1.29, 1.82) is 0 Å². The lowest BCUT2D eigenvalue weighted by molar-refractivity contribution is 0.0946. The summed E-state index contributed by atoms with van der Waals surface area (Å²) >= 11 is 1.55. The summed E-state index contributed by atoms with van der Waals surface area (Å²) in [6.45, 7) is 1.93. The highest BCUT2D eigenvalue weighted by Crippen LogP contribution is 2.15. The zero-order chi connectivity index (χ0) is 8.27. The molecule has 0 fully saturated rings. The molecule has 4 heteroatoms. The fourth-order valence-corrected chi connectivity index (χ4v) is 1.37. The summed E-state index contributed by atoms with van der Waals surface area (Å²) in [7, 11) is 1.65. The average Bonchev–Trinajstić information content (AvgIpc) is 2.53. The molecular weight excluding hydrogens is 160 g/mol. The van der Waals surface area contributed by atoms with E-state index in [9.17, 15) is 0 Å². The number of hydrogen-bond acceptors (Lipinski definition) is 4. The molecule has 0 amide bonds. The van der Waals surface area contributed by atoms with E-state index >= 15 is 0 Å². The van der Waals surface area contributed by atoms with E-state index in [1.807, 2.05) is 12.3 Å². The normalized spacial score (nSPS) is 16.3. The number of hydrogen-bond donors (Lipinski definition) is 1. The lowest BCUT2D eigenvalue weighted by Gasteiger charge is -2.15. The average molecular weight is 172 g/mol. The van der Waals surface area contributed by atoms with E-state index in [0.29, 0.717) is 0 Å². The van der Waals surface area contributed by atoms with E-state index in [1.54, 1.807) is 24.0 Å². The molecule has 62 valence electrons. The van der Waals surface area contributed by atoms with Crippen LogP contribution in [0.2, 0.25) is 0 Å². The number of nitrogens with two attached hydrogens (primary N) is 1. The van der Waals surface area contributed by atoms with Gasteiger partial charge in [-0.1, -0.05) is 0 Å². The van der Waals surface area contributed by atoms with Crippen LogP contribution in [0.15, 0.2) is 10.9 Å². The SMILES string of the molecule is COC(C)C(N)c1cscn1. The molecule has 0 saturated heterocycles. The van der Waals surface area contributed by atoms with E-state index < -0.39 is 0 Å². The van der Waals surface area contributed by atoms with Crippen molar-refractivity contribution < 1.29 is 4.74 Å². The molecule has 1 aromatic heterocycles. The van der Waals surface area contributed by atoms with Crippen LogP contribution in [0.1, 0.15) is 18.7 Å². The molecule has 2 N–H and O–H groups in total. The quantitative estimate of drug-likeness (QED) is 0.744. The van der Waals surface area contributed by atoms with Crippen molar-refractivity contribution in [2.24, 2.45) is 5.73 Å². The van der Waals surface area contributed by atoms with Crippen LogP contribution in [0.25, 0.3) is 0 Å². The Hall–Kier alpha value is -0.450. The number of aromatic nitrogens is 1. The smallest absolute Gasteiger partial charge is 0.0795 e. The highest BCUT2D eigenvalue weighted by atomic mass is 32.1. The third-order valence-electron chi connectivity index (χ3n) is 1.67. The monoisotopic (exact) mass is 172 g/mol. The number of methoxy groups -OCH3 is 1. The van der Waals surface area contributed by atoms with Crippen molar-refractivity contribution in [3.05, 3.63) is 16.6 Å². The Kier molecular flexibility index (Phi) is 2.99. The Morgan fingerprint density at radius 3 is 2.91 bits per heavy atom. The number of thiazole rings is 1. The van der Waals surface area contributed by atoms with E-state index in [1.165, 1.54) is 0 Å². The molecule has 0 aliphatic rings. The van der Waals surface area contributed by atoms with Gasteiger partial charge in [-0.2, -0.15) is 0 Å². The van der Waals surface area contributed by atoms with Gasteiger partial charge >= 0.3 is 0 Å². The lowest BCUT2D eigenvalue weighted by atomic mass is 10.1.